The molecule has 0 spiro atoms. The first-order valence-corrected chi connectivity index (χ1v) is 6.77. The normalized spacial score (nSPS) is 18.7. The van der Waals surface area contributed by atoms with Crippen LogP contribution in [0.15, 0.2) is 12.3 Å². The summed E-state index contributed by atoms with van der Waals surface area (Å²) in [6.07, 6.45) is 6.79. The summed E-state index contributed by atoms with van der Waals surface area (Å²) in [5.41, 5.74) is 3.04. The monoisotopic (exact) mass is 249 g/mol. The first-order valence-electron chi connectivity index (χ1n) is 6.77. The molecule has 2 rings (SSSR count). The first kappa shape index (κ1) is 13.1. The Morgan fingerprint density at radius 3 is 2.56 bits per heavy atom. The lowest BCUT2D eigenvalue weighted by molar-refractivity contribution is 0.199. The van der Waals surface area contributed by atoms with E-state index in [4.69, 9.17) is 5.84 Å². The summed E-state index contributed by atoms with van der Waals surface area (Å²) < 4.78 is 0. The number of nitrogen functional groups attached to an aromatic ring is 1. The zero-order valence-electron chi connectivity index (χ0n) is 11.3. The minimum Gasteiger partial charge on any atom is -0.356 e. The van der Waals surface area contributed by atoms with Gasteiger partial charge in [0, 0.05) is 19.3 Å². The zero-order valence-corrected chi connectivity index (χ0v) is 11.3. The summed E-state index contributed by atoms with van der Waals surface area (Å²) in [4.78, 5) is 10.8. The fourth-order valence-electron chi connectivity index (χ4n) is 2.76. The van der Waals surface area contributed by atoms with E-state index in [-0.39, 0.29) is 0 Å². The average Bonchev–Trinajstić information content (AvgIpc) is 2.47. The van der Waals surface area contributed by atoms with Crippen molar-refractivity contribution in [3.63, 3.8) is 0 Å². The number of hydrogen-bond acceptors (Lipinski definition) is 5. The van der Waals surface area contributed by atoms with E-state index in [9.17, 15) is 0 Å². The van der Waals surface area contributed by atoms with Crippen LogP contribution in [0.2, 0.25) is 0 Å². The third-order valence-corrected chi connectivity index (χ3v) is 4.42. The Balaban J connectivity index is 2.04. The molecule has 0 amide bonds. The Morgan fingerprint density at radius 1 is 1.33 bits per heavy atom. The number of hydrazine groups is 1. The van der Waals surface area contributed by atoms with E-state index in [2.05, 4.69) is 34.1 Å². The van der Waals surface area contributed by atoms with E-state index in [1.54, 1.807) is 6.20 Å². The molecule has 1 fully saturated rings. The van der Waals surface area contributed by atoms with Crippen molar-refractivity contribution in [2.24, 2.45) is 11.3 Å². The number of piperidine rings is 1. The van der Waals surface area contributed by atoms with Gasteiger partial charge in [-0.3, -0.25) is 5.43 Å². The summed E-state index contributed by atoms with van der Waals surface area (Å²) >= 11 is 0. The van der Waals surface area contributed by atoms with E-state index in [1.807, 2.05) is 6.07 Å². The molecule has 5 nitrogen and oxygen atoms in total. The summed E-state index contributed by atoms with van der Waals surface area (Å²) in [5, 5.41) is 0. The van der Waals surface area contributed by atoms with Crippen LogP contribution in [0.5, 0.6) is 0 Å². The van der Waals surface area contributed by atoms with Gasteiger partial charge >= 0.3 is 0 Å². The average molecular weight is 249 g/mol. The van der Waals surface area contributed by atoms with Crippen molar-refractivity contribution >= 4 is 11.8 Å². The lowest BCUT2D eigenvalue weighted by Crippen LogP contribution is -2.40. The second-order valence-electron chi connectivity index (χ2n) is 5.08. The molecule has 0 unspecified atom stereocenters. The molecule has 0 saturated carbocycles. The predicted molar refractivity (Wildman–Crippen MR) is 74.3 cm³/mol. The molecular weight excluding hydrogens is 226 g/mol. The van der Waals surface area contributed by atoms with Crippen LogP contribution in [0.25, 0.3) is 0 Å². The Labute approximate surface area is 109 Å². The van der Waals surface area contributed by atoms with Gasteiger partial charge in [0.15, 0.2) is 0 Å². The lowest BCUT2D eigenvalue weighted by atomic mass is 9.74. The van der Waals surface area contributed by atoms with Crippen molar-refractivity contribution in [1.29, 1.82) is 0 Å². The molecule has 0 bridgehead atoms. The molecule has 1 aromatic heterocycles. The fraction of sp³-hybridized carbons (Fsp3) is 0.692. The van der Waals surface area contributed by atoms with E-state index < -0.39 is 0 Å². The maximum absolute atomic E-state index is 5.34. The first-order chi connectivity index (χ1) is 8.73. The summed E-state index contributed by atoms with van der Waals surface area (Å²) in [7, 11) is 0. The molecule has 100 valence electrons. The molecule has 18 heavy (non-hydrogen) atoms. The predicted octanol–water partition coefficient (Wildman–Crippen LogP) is 2.17. The second kappa shape index (κ2) is 5.52. The van der Waals surface area contributed by atoms with Gasteiger partial charge < -0.3 is 4.90 Å². The standard InChI is InChI=1S/C13H23N5/c1-3-13(4-2)6-9-18(10-7-13)11-5-8-15-12(16-11)17-14/h5,8H,3-4,6-7,9-10,14H2,1-2H3,(H,15,16,17). The van der Waals surface area contributed by atoms with Crippen molar-refractivity contribution < 1.29 is 0 Å². The van der Waals surface area contributed by atoms with Crippen molar-refractivity contribution in [1.82, 2.24) is 9.97 Å². The Kier molecular flexibility index (Phi) is 4.01. The van der Waals surface area contributed by atoms with Gasteiger partial charge in [-0.05, 0) is 24.3 Å². The van der Waals surface area contributed by atoms with Crippen LogP contribution in [0.1, 0.15) is 39.5 Å². The molecular formula is C13H23N5. The highest BCUT2D eigenvalue weighted by Gasteiger charge is 2.31. The Bertz CT molecular complexity index is 379. The van der Waals surface area contributed by atoms with E-state index >= 15 is 0 Å². The summed E-state index contributed by atoms with van der Waals surface area (Å²) in [5.74, 6) is 6.79. The number of nitrogens with zero attached hydrogens (tertiary/aromatic N) is 3. The molecule has 1 saturated heterocycles. The van der Waals surface area contributed by atoms with Crippen LogP contribution in [0, 0.1) is 5.41 Å². The number of hydrogen-bond donors (Lipinski definition) is 2. The molecule has 1 aliphatic rings. The number of aromatic nitrogens is 2. The van der Waals surface area contributed by atoms with Gasteiger partial charge in [0.2, 0.25) is 5.95 Å². The SMILES string of the molecule is CCC1(CC)CCN(c2ccnc(NN)n2)CC1. The number of rotatable bonds is 4. The Morgan fingerprint density at radius 2 is 2.00 bits per heavy atom. The van der Waals surface area contributed by atoms with Crippen LogP contribution in [-0.4, -0.2) is 23.1 Å². The smallest absolute Gasteiger partial charge is 0.239 e. The maximum atomic E-state index is 5.34. The van der Waals surface area contributed by atoms with Crippen molar-refractivity contribution in [2.45, 2.75) is 39.5 Å². The molecule has 1 aliphatic heterocycles. The van der Waals surface area contributed by atoms with Gasteiger partial charge in [0.1, 0.15) is 5.82 Å². The fourth-order valence-corrected chi connectivity index (χ4v) is 2.76. The highest BCUT2D eigenvalue weighted by Crippen LogP contribution is 2.38. The van der Waals surface area contributed by atoms with Crippen LogP contribution < -0.4 is 16.2 Å². The third-order valence-electron chi connectivity index (χ3n) is 4.42. The van der Waals surface area contributed by atoms with Crippen LogP contribution in [0.3, 0.4) is 0 Å². The lowest BCUT2D eigenvalue weighted by Gasteiger charge is -2.41. The third kappa shape index (κ3) is 2.56. The van der Waals surface area contributed by atoms with E-state index in [1.165, 1.54) is 25.7 Å². The van der Waals surface area contributed by atoms with Crippen LogP contribution in [-0.2, 0) is 0 Å². The molecule has 1 aromatic rings. The zero-order chi connectivity index (χ0) is 13.0. The maximum Gasteiger partial charge on any atom is 0.239 e. The van der Waals surface area contributed by atoms with Gasteiger partial charge in [-0.1, -0.05) is 26.7 Å². The largest absolute Gasteiger partial charge is 0.356 e. The minimum absolute atomic E-state index is 0.482. The Hall–Kier alpha value is -1.36. The van der Waals surface area contributed by atoms with Gasteiger partial charge in [0.05, 0.1) is 0 Å². The van der Waals surface area contributed by atoms with Crippen LogP contribution in [0.4, 0.5) is 11.8 Å². The van der Waals surface area contributed by atoms with Gasteiger partial charge in [-0.2, -0.15) is 4.98 Å². The quantitative estimate of drug-likeness (QED) is 0.632. The van der Waals surface area contributed by atoms with Crippen molar-refractivity contribution in [3.05, 3.63) is 12.3 Å². The highest BCUT2D eigenvalue weighted by molar-refractivity contribution is 5.42. The van der Waals surface area contributed by atoms with Gasteiger partial charge in [-0.15, -0.1) is 0 Å². The minimum atomic E-state index is 0.482. The number of anilines is 2. The number of nitrogens with two attached hydrogens (primary N) is 1. The molecule has 0 aliphatic carbocycles. The summed E-state index contributed by atoms with van der Waals surface area (Å²) in [6, 6.07) is 1.95. The summed E-state index contributed by atoms with van der Waals surface area (Å²) in [6.45, 7) is 6.76. The molecule has 0 atom stereocenters. The van der Waals surface area contributed by atoms with Crippen LogP contribution >= 0.6 is 0 Å². The molecule has 0 radical (unpaired) electrons. The topological polar surface area (TPSA) is 67.1 Å². The van der Waals surface area contributed by atoms with Gasteiger partial charge in [0.25, 0.3) is 0 Å². The second-order valence-corrected chi connectivity index (χ2v) is 5.08. The van der Waals surface area contributed by atoms with Crippen molar-refractivity contribution in [3.8, 4) is 0 Å². The number of nitrogens with one attached hydrogen (secondary N) is 1. The molecule has 3 N–H and O–H groups in total. The molecule has 0 aromatic carbocycles. The molecule has 2 heterocycles. The van der Waals surface area contributed by atoms with Gasteiger partial charge in [-0.25, -0.2) is 10.8 Å². The van der Waals surface area contributed by atoms with Crippen molar-refractivity contribution in [2.75, 3.05) is 23.4 Å². The van der Waals surface area contributed by atoms with E-state index in [0.29, 0.717) is 11.4 Å². The highest BCUT2D eigenvalue weighted by atomic mass is 15.3. The van der Waals surface area contributed by atoms with E-state index in [0.717, 1.165) is 18.9 Å². The molecule has 5 heteroatoms.